The summed E-state index contributed by atoms with van der Waals surface area (Å²) in [7, 11) is 3.36. The molecule has 1 fully saturated rings. The van der Waals surface area contributed by atoms with Crippen molar-refractivity contribution < 1.29 is 14.3 Å². The molecule has 0 saturated carbocycles. The number of aromatic nitrogens is 1. The van der Waals surface area contributed by atoms with Crippen molar-refractivity contribution in [3.63, 3.8) is 0 Å². The summed E-state index contributed by atoms with van der Waals surface area (Å²) >= 11 is 0. The second-order valence-electron chi connectivity index (χ2n) is 7.04. The molecule has 3 aromatic rings. The van der Waals surface area contributed by atoms with Gasteiger partial charge in [0.1, 0.15) is 11.3 Å². The second-order valence-corrected chi connectivity index (χ2v) is 7.04. The van der Waals surface area contributed by atoms with Crippen LogP contribution < -0.4 is 4.74 Å². The molecular formula is C23H24N2O3. The molecule has 144 valence electrons. The lowest BCUT2D eigenvalue weighted by Gasteiger charge is -2.32. The summed E-state index contributed by atoms with van der Waals surface area (Å²) in [4.78, 5) is 19.2. The molecule has 1 amide bonds. The molecule has 5 heteroatoms. The van der Waals surface area contributed by atoms with E-state index in [1.165, 1.54) is 0 Å². The zero-order valence-electron chi connectivity index (χ0n) is 16.2. The Kier molecular flexibility index (Phi) is 5.26. The van der Waals surface area contributed by atoms with E-state index in [0.29, 0.717) is 12.1 Å². The number of likely N-dealkylation sites (tertiary alicyclic amines) is 1. The number of fused-ring (bicyclic) bond motifs is 1. The number of pyridine rings is 1. The van der Waals surface area contributed by atoms with Crippen LogP contribution in [0.2, 0.25) is 0 Å². The van der Waals surface area contributed by atoms with Crippen molar-refractivity contribution in [1.82, 2.24) is 9.88 Å². The van der Waals surface area contributed by atoms with Gasteiger partial charge in [0.15, 0.2) is 0 Å². The number of carbonyl (C=O) groups is 1. The number of hydrogen-bond donors (Lipinski definition) is 0. The maximum atomic E-state index is 12.8. The van der Waals surface area contributed by atoms with Crippen molar-refractivity contribution in [2.75, 3.05) is 27.3 Å². The Labute approximate surface area is 164 Å². The van der Waals surface area contributed by atoms with E-state index in [-0.39, 0.29) is 12.0 Å². The van der Waals surface area contributed by atoms with Crippen LogP contribution in [0.1, 0.15) is 23.2 Å². The van der Waals surface area contributed by atoms with Gasteiger partial charge in [0, 0.05) is 37.3 Å². The van der Waals surface area contributed by atoms with Crippen molar-refractivity contribution in [2.24, 2.45) is 0 Å². The number of hydrogen-bond acceptors (Lipinski definition) is 4. The lowest BCUT2D eigenvalue weighted by atomic mass is 9.98. The lowest BCUT2D eigenvalue weighted by molar-refractivity contribution is 0.0269. The number of nitrogens with zero attached hydrogens (tertiary/aromatic N) is 2. The van der Waals surface area contributed by atoms with Crippen LogP contribution in [-0.2, 0) is 4.74 Å². The fourth-order valence-electron chi connectivity index (χ4n) is 3.85. The normalized spacial score (nSPS) is 16.9. The smallest absolute Gasteiger partial charge is 0.253 e. The number of rotatable bonds is 4. The van der Waals surface area contributed by atoms with E-state index in [2.05, 4.69) is 4.98 Å². The third-order valence-electron chi connectivity index (χ3n) is 5.39. The minimum atomic E-state index is 0.0644. The molecule has 1 aliphatic heterocycles. The molecule has 1 atom stereocenters. The first-order valence-corrected chi connectivity index (χ1v) is 9.55. The zero-order valence-corrected chi connectivity index (χ0v) is 16.2. The van der Waals surface area contributed by atoms with Crippen molar-refractivity contribution in [3.05, 3.63) is 60.3 Å². The minimum absolute atomic E-state index is 0.0644. The Morgan fingerprint density at radius 2 is 1.93 bits per heavy atom. The molecule has 0 radical (unpaired) electrons. The summed E-state index contributed by atoms with van der Waals surface area (Å²) < 4.78 is 10.9. The minimum Gasteiger partial charge on any atom is -0.494 e. The molecule has 0 spiro atoms. The van der Waals surface area contributed by atoms with Gasteiger partial charge in [-0.1, -0.05) is 18.2 Å². The first-order valence-electron chi connectivity index (χ1n) is 9.55. The molecule has 0 unspecified atom stereocenters. The van der Waals surface area contributed by atoms with Crippen LogP contribution in [0.3, 0.4) is 0 Å². The SMILES string of the molecule is COc1ccc(-c2ccc(C(=O)N3CCC[C@H](OC)C3)cc2)c2cccnc12. The number of ether oxygens (including phenoxy) is 2. The van der Waals surface area contributed by atoms with Crippen LogP contribution >= 0.6 is 0 Å². The fraction of sp³-hybridized carbons (Fsp3) is 0.304. The summed E-state index contributed by atoms with van der Waals surface area (Å²) in [6.45, 7) is 1.45. The number of carbonyl (C=O) groups excluding carboxylic acids is 1. The number of piperidine rings is 1. The van der Waals surface area contributed by atoms with Crippen molar-refractivity contribution >= 4 is 16.8 Å². The zero-order chi connectivity index (χ0) is 19.5. The quantitative estimate of drug-likeness (QED) is 0.686. The molecule has 1 aliphatic rings. The monoisotopic (exact) mass is 376 g/mol. The maximum absolute atomic E-state index is 12.8. The van der Waals surface area contributed by atoms with Crippen LogP contribution in [0.25, 0.3) is 22.0 Å². The van der Waals surface area contributed by atoms with Crippen LogP contribution in [0.4, 0.5) is 0 Å². The molecule has 5 nitrogen and oxygen atoms in total. The van der Waals surface area contributed by atoms with Gasteiger partial charge < -0.3 is 14.4 Å². The number of amides is 1. The van der Waals surface area contributed by atoms with Gasteiger partial charge in [-0.25, -0.2) is 0 Å². The average molecular weight is 376 g/mol. The van der Waals surface area contributed by atoms with Crippen LogP contribution in [0.15, 0.2) is 54.7 Å². The maximum Gasteiger partial charge on any atom is 0.253 e. The van der Waals surface area contributed by atoms with Gasteiger partial charge >= 0.3 is 0 Å². The van der Waals surface area contributed by atoms with E-state index in [0.717, 1.165) is 47.2 Å². The second kappa shape index (κ2) is 7.98. The standard InChI is InChI=1S/C23H24N2O3/c1-27-18-5-4-14-25(15-18)23(26)17-9-7-16(8-10-17)19-11-12-21(28-2)22-20(19)6-3-13-24-22/h3,6-13,18H,4-5,14-15H2,1-2H3/t18-/m0/s1. The van der Waals surface area contributed by atoms with E-state index >= 15 is 0 Å². The van der Waals surface area contributed by atoms with Crippen LogP contribution in [0, 0.1) is 0 Å². The molecule has 0 aliphatic carbocycles. The highest BCUT2D eigenvalue weighted by molar-refractivity contribution is 5.99. The van der Waals surface area contributed by atoms with E-state index in [4.69, 9.17) is 9.47 Å². The highest BCUT2D eigenvalue weighted by Crippen LogP contribution is 2.33. The van der Waals surface area contributed by atoms with Crippen molar-refractivity contribution in [3.8, 4) is 16.9 Å². The molecule has 1 aromatic heterocycles. The van der Waals surface area contributed by atoms with Gasteiger partial charge in [-0.3, -0.25) is 9.78 Å². The van der Waals surface area contributed by atoms with E-state index in [9.17, 15) is 4.79 Å². The topological polar surface area (TPSA) is 51.7 Å². The lowest BCUT2D eigenvalue weighted by Crippen LogP contribution is -2.42. The molecule has 2 heterocycles. The molecule has 28 heavy (non-hydrogen) atoms. The van der Waals surface area contributed by atoms with E-state index in [1.807, 2.05) is 53.4 Å². The van der Waals surface area contributed by atoms with E-state index < -0.39 is 0 Å². The van der Waals surface area contributed by atoms with E-state index in [1.54, 1.807) is 20.4 Å². The van der Waals surface area contributed by atoms with Gasteiger partial charge in [-0.15, -0.1) is 0 Å². The third-order valence-corrected chi connectivity index (χ3v) is 5.39. The predicted molar refractivity (Wildman–Crippen MR) is 110 cm³/mol. The third kappa shape index (κ3) is 3.45. The number of benzene rings is 2. The first kappa shape index (κ1) is 18.4. The fourth-order valence-corrected chi connectivity index (χ4v) is 3.85. The molecular weight excluding hydrogens is 352 g/mol. The van der Waals surface area contributed by atoms with Gasteiger partial charge in [0.2, 0.25) is 0 Å². The number of methoxy groups -OCH3 is 2. The highest BCUT2D eigenvalue weighted by Gasteiger charge is 2.24. The Morgan fingerprint density at radius 3 is 2.68 bits per heavy atom. The van der Waals surface area contributed by atoms with Crippen molar-refractivity contribution in [1.29, 1.82) is 0 Å². The Balaban J connectivity index is 1.62. The highest BCUT2D eigenvalue weighted by atomic mass is 16.5. The Hall–Kier alpha value is -2.92. The van der Waals surface area contributed by atoms with Crippen LogP contribution in [-0.4, -0.2) is 49.2 Å². The Morgan fingerprint density at radius 1 is 1.11 bits per heavy atom. The first-order chi connectivity index (χ1) is 13.7. The van der Waals surface area contributed by atoms with Crippen molar-refractivity contribution in [2.45, 2.75) is 18.9 Å². The molecule has 4 rings (SSSR count). The van der Waals surface area contributed by atoms with Gasteiger partial charge in [0.25, 0.3) is 5.91 Å². The molecule has 1 saturated heterocycles. The summed E-state index contributed by atoms with van der Waals surface area (Å²) in [5.41, 5.74) is 3.66. The summed E-state index contributed by atoms with van der Waals surface area (Å²) in [5.74, 6) is 0.818. The van der Waals surface area contributed by atoms with Gasteiger partial charge in [-0.05, 0) is 54.3 Å². The van der Waals surface area contributed by atoms with Gasteiger partial charge in [-0.2, -0.15) is 0 Å². The molecule has 2 aromatic carbocycles. The molecule has 0 N–H and O–H groups in total. The molecule has 0 bridgehead atoms. The summed E-state index contributed by atoms with van der Waals surface area (Å²) in [6, 6.07) is 15.7. The largest absolute Gasteiger partial charge is 0.494 e. The Bertz CT molecular complexity index is 985. The summed E-state index contributed by atoms with van der Waals surface area (Å²) in [5, 5.41) is 1.03. The predicted octanol–water partition coefficient (Wildman–Crippen LogP) is 4.16. The van der Waals surface area contributed by atoms with Gasteiger partial charge in [0.05, 0.1) is 13.2 Å². The van der Waals surface area contributed by atoms with Crippen LogP contribution in [0.5, 0.6) is 5.75 Å². The summed E-state index contributed by atoms with van der Waals surface area (Å²) in [6.07, 6.45) is 3.89. The average Bonchev–Trinajstić information content (AvgIpc) is 2.78.